The molecule has 1 saturated carbocycles. The van der Waals surface area contributed by atoms with Crippen molar-refractivity contribution in [3.8, 4) is 0 Å². The first-order valence-corrected chi connectivity index (χ1v) is 9.10. The van der Waals surface area contributed by atoms with Gasteiger partial charge in [-0.2, -0.15) is 0 Å². The summed E-state index contributed by atoms with van der Waals surface area (Å²) in [4.78, 5) is 23.6. The zero-order valence-electron chi connectivity index (χ0n) is 14.6. The maximum absolute atomic E-state index is 12.5. The number of hydrogen-bond donors (Lipinski definition) is 2. The van der Waals surface area contributed by atoms with Crippen molar-refractivity contribution < 1.29 is 9.90 Å². The molecule has 2 N–H and O–H groups in total. The fourth-order valence-electron chi connectivity index (χ4n) is 4.16. The van der Waals surface area contributed by atoms with Gasteiger partial charge in [-0.15, -0.1) is 0 Å². The van der Waals surface area contributed by atoms with Crippen molar-refractivity contribution in [3.05, 3.63) is 24.2 Å². The molecule has 1 aliphatic carbocycles. The molecule has 0 bridgehead atoms. The molecule has 1 aliphatic heterocycles. The fraction of sp³-hybridized carbons (Fsp3) is 0.611. The first kappa shape index (κ1) is 16.5. The first-order chi connectivity index (χ1) is 12.2. The Morgan fingerprint density at radius 3 is 2.88 bits per heavy atom. The molecule has 2 fully saturated rings. The third-order valence-corrected chi connectivity index (χ3v) is 5.63. The lowest BCUT2D eigenvalue weighted by Gasteiger charge is -2.15. The van der Waals surface area contributed by atoms with Gasteiger partial charge >= 0.3 is 0 Å². The Morgan fingerprint density at radius 2 is 2.16 bits per heavy atom. The second-order valence-corrected chi connectivity index (χ2v) is 7.34. The van der Waals surface area contributed by atoms with Crippen LogP contribution in [-0.4, -0.2) is 62.7 Å². The minimum Gasteiger partial charge on any atom is -0.395 e. The summed E-state index contributed by atoms with van der Waals surface area (Å²) in [7, 11) is 1.97. The molecular weight excluding hydrogens is 318 g/mol. The highest BCUT2D eigenvalue weighted by Gasteiger charge is 2.30. The molecule has 1 amide bonds. The lowest BCUT2D eigenvalue weighted by atomic mass is 10.1. The summed E-state index contributed by atoms with van der Waals surface area (Å²) in [6, 6.07) is 2.49. The van der Waals surface area contributed by atoms with Crippen LogP contribution in [0.2, 0.25) is 0 Å². The van der Waals surface area contributed by atoms with E-state index < -0.39 is 0 Å². The number of nitrogens with zero attached hydrogens (tertiary/aromatic N) is 4. The van der Waals surface area contributed by atoms with Crippen LogP contribution in [0.5, 0.6) is 0 Å². The van der Waals surface area contributed by atoms with Crippen molar-refractivity contribution in [2.24, 2.45) is 0 Å². The Morgan fingerprint density at radius 1 is 1.36 bits per heavy atom. The molecule has 3 heterocycles. The molecule has 0 aromatic carbocycles. The molecule has 0 radical (unpaired) electrons. The van der Waals surface area contributed by atoms with Gasteiger partial charge in [-0.1, -0.05) is 12.8 Å². The number of carbonyl (C=O) groups excluding carboxylic acids is 1. The van der Waals surface area contributed by atoms with E-state index in [1.54, 1.807) is 6.20 Å². The molecule has 0 unspecified atom stereocenters. The number of aliphatic hydroxyl groups excluding tert-OH is 1. The quantitative estimate of drug-likeness (QED) is 0.875. The summed E-state index contributed by atoms with van der Waals surface area (Å²) >= 11 is 0. The number of pyridine rings is 1. The minimum atomic E-state index is -0.123. The molecule has 7 heteroatoms. The molecule has 2 aliphatic rings. The van der Waals surface area contributed by atoms with Crippen LogP contribution in [0, 0.1) is 0 Å². The summed E-state index contributed by atoms with van der Waals surface area (Å²) in [5.74, 6) is -0.123. The highest BCUT2D eigenvalue weighted by atomic mass is 16.3. The monoisotopic (exact) mass is 343 g/mol. The number of aliphatic hydroxyl groups is 1. The number of fused-ring (bicyclic) bond motifs is 1. The number of likely N-dealkylation sites (N-methyl/N-ethyl adjacent to an activating group) is 1. The SMILES string of the molecule is CN1C[C@H](NC(=O)c2cnc3c(c2)ncn3C2CCCC2)C[C@H]1CO. The van der Waals surface area contributed by atoms with Crippen LogP contribution in [0.15, 0.2) is 18.6 Å². The van der Waals surface area contributed by atoms with E-state index >= 15 is 0 Å². The number of hydrogen-bond acceptors (Lipinski definition) is 5. The van der Waals surface area contributed by atoms with Gasteiger partial charge in [-0.05, 0) is 32.4 Å². The molecule has 7 nitrogen and oxygen atoms in total. The van der Waals surface area contributed by atoms with E-state index in [4.69, 9.17) is 0 Å². The van der Waals surface area contributed by atoms with Crippen LogP contribution in [0.3, 0.4) is 0 Å². The Balaban J connectivity index is 1.49. The van der Waals surface area contributed by atoms with Gasteiger partial charge in [0.1, 0.15) is 5.52 Å². The number of nitrogens with one attached hydrogen (secondary N) is 1. The van der Waals surface area contributed by atoms with E-state index in [-0.39, 0.29) is 24.6 Å². The van der Waals surface area contributed by atoms with E-state index in [1.165, 1.54) is 25.7 Å². The Hall–Kier alpha value is -1.99. The molecule has 1 saturated heterocycles. The second kappa shape index (κ2) is 6.72. The molecule has 0 spiro atoms. The van der Waals surface area contributed by atoms with Crippen molar-refractivity contribution >= 4 is 17.1 Å². The standard InChI is InChI=1S/C18H25N5O2/c1-22-9-13(7-15(22)10-24)21-18(25)12-6-16-17(19-8-12)23(11-20-16)14-4-2-3-5-14/h6,8,11,13-15,24H,2-5,7,9-10H2,1H3,(H,21,25)/t13-,15+/m1/s1. The van der Waals surface area contributed by atoms with Gasteiger partial charge in [0.05, 0.1) is 18.5 Å². The van der Waals surface area contributed by atoms with Crippen LogP contribution >= 0.6 is 0 Å². The number of imidazole rings is 1. The molecule has 2 atom stereocenters. The van der Waals surface area contributed by atoms with E-state index in [0.717, 1.165) is 24.1 Å². The zero-order valence-corrected chi connectivity index (χ0v) is 14.6. The summed E-state index contributed by atoms with van der Waals surface area (Å²) in [5, 5.41) is 12.4. The lowest BCUT2D eigenvalue weighted by molar-refractivity contribution is 0.0938. The average Bonchev–Trinajstić information content (AvgIpc) is 3.32. The van der Waals surface area contributed by atoms with Gasteiger partial charge in [-0.3, -0.25) is 9.69 Å². The highest BCUT2D eigenvalue weighted by molar-refractivity contribution is 5.96. The fourth-order valence-corrected chi connectivity index (χ4v) is 4.16. The van der Waals surface area contributed by atoms with Crippen molar-refractivity contribution in [3.63, 3.8) is 0 Å². The minimum absolute atomic E-state index is 0.0568. The largest absolute Gasteiger partial charge is 0.395 e. The first-order valence-electron chi connectivity index (χ1n) is 9.10. The van der Waals surface area contributed by atoms with E-state index in [2.05, 4.69) is 24.8 Å². The third kappa shape index (κ3) is 3.14. The molecule has 2 aromatic heterocycles. The van der Waals surface area contributed by atoms with E-state index in [9.17, 15) is 9.90 Å². The van der Waals surface area contributed by atoms with E-state index in [0.29, 0.717) is 11.6 Å². The van der Waals surface area contributed by atoms with Gasteiger partial charge < -0.3 is 15.0 Å². The van der Waals surface area contributed by atoms with Crippen molar-refractivity contribution in [2.75, 3.05) is 20.2 Å². The van der Waals surface area contributed by atoms with Crippen LogP contribution in [0.1, 0.15) is 48.5 Å². The maximum Gasteiger partial charge on any atom is 0.253 e. The van der Waals surface area contributed by atoms with Crippen molar-refractivity contribution in [1.82, 2.24) is 24.8 Å². The second-order valence-electron chi connectivity index (χ2n) is 7.34. The number of aromatic nitrogens is 3. The number of carbonyl (C=O) groups is 1. The molecule has 134 valence electrons. The summed E-state index contributed by atoms with van der Waals surface area (Å²) < 4.78 is 2.15. The molecule has 25 heavy (non-hydrogen) atoms. The van der Waals surface area contributed by atoms with Gasteiger partial charge in [0, 0.05) is 30.9 Å². The molecule has 2 aromatic rings. The summed E-state index contributed by atoms with van der Waals surface area (Å²) in [6.45, 7) is 0.873. The predicted octanol–water partition coefficient (Wildman–Crippen LogP) is 1.34. The third-order valence-electron chi connectivity index (χ3n) is 5.63. The average molecular weight is 343 g/mol. The Labute approximate surface area is 147 Å². The lowest BCUT2D eigenvalue weighted by Crippen LogP contribution is -2.36. The number of rotatable bonds is 4. The van der Waals surface area contributed by atoms with Crippen molar-refractivity contribution in [2.45, 2.75) is 50.2 Å². The van der Waals surface area contributed by atoms with Crippen LogP contribution in [0.4, 0.5) is 0 Å². The van der Waals surface area contributed by atoms with Crippen LogP contribution in [-0.2, 0) is 0 Å². The van der Waals surface area contributed by atoms with E-state index in [1.807, 2.05) is 19.4 Å². The number of amides is 1. The predicted molar refractivity (Wildman–Crippen MR) is 94.4 cm³/mol. The van der Waals surface area contributed by atoms with Crippen LogP contribution < -0.4 is 5.32 Å². The highest BCUT2D eigenvalue weighted by Crippen LogP contribution is 2.31. The Bertz CT molecular complexity index is 768. The van der Waals surface area contributed by atoms with Crippen molar-refractivity contribution in [1.29, 1.82) is 0 Å². The smallest absolute Gasteiger partial charge is 0.253 e. The molecule has 4 rings (SSSR count). The van der Waals surface area contributed by atoms with Crippen LogP contribution in [0.25, 0.3) is 11.2 Å². The van der Waals surface area contributed by atoms with Gasteiger partial charge in [-0.25, -0.2) is 9.97 Å². The topological polar surface area (TPSA) is 83.3 Å². The summed E-state index contributed by atoms with van der Waals surface area (Å²) in [5.41, 5.74) is 2.18. The number of likely N-dealkylation sites (tertiary alicyclic amines) is 1. The Kier molecular flexibility index (Phi) is 4.43. The summed E-state index contributed by atoms with van der Waals surface area (Å²) in [6.07, 6.45) is 9.14. The molecular formula is C18H25N5O2. The normalized spacial score (nSPS) is 25.0. The van der Waals surface area contributed by atoms with Gasteiger partial charge in [0.25, 0.3) is 5.91 Å². The zero-order chi connectivity index (χ0) is 17.4. The van der Waals surface area contributed by atoms with Gasteiger partial charge in [0.15, 0.2) is 5.65 Å². The van der Waals surface area contributed by atoms with Gasteiger partial charge in [0.2, 0.25) is 0 Å². The maximum atomic E-state index is 12.5.